The van der Waals surface area contributed by atoms with Gasteiger partial charge in [0.1, 0.15) is 5.82 Å². The highest BCUT2D eigenvalue weighted by atomic mass is 79.9. The molecule has 0 bridgehead atoms. The second-order valence-electron chi connectivity index (χ2n) is 5.76. The molecule has 0 aliphatic carbocycles. The van der Waals surface area contributed by atoms with E-state index in [4.69, 9.17) is 0 Å². The Balaban J connectivity index is 2.51. The van der Waals surface area contributed by atoms with Crippen LogP contribution in [0, 0.1) is 11.7 Å². The fourth-order valence-corrected chi connectivity index (χ4v) is 2.31. The van der Waals surface area contributed by atoms with E-state index in [1.54, 1.807) is 13.0 Å². The zero-order valence-corrected chi connectivity index (χ0v) is 13.4. The second-order valence-corrected chi connectivity index (χ2v) is 6.61. The van der Waals surface area contributed by atoms with E-state index < -0.39 is 5.60 Å². The average molecular weight is 332 g/mol. The van der Waals surface area contributed by atoms with Gasteiger partial charge >= 0.3 is 0 Å². The topological polar surface area (TPSA) is 32.3 Å². The molecule has 1 aromatic carbocycles. The van der Waals surface area contributed by atoms with Crippen LogP contribution in [0.5, 0.6) is 0 Å². The van der Waals surface area contributed by atoms with Crippen molar-refractivity contribution in [3.8, 4) is 0 Å². The zero-order valence-electron chi connectivity index (χ0n) is 11.8. The number of rotatable bonds is 7. The summed E-state index contributed by atoms with van der Waals surface area (Å²) in [5.74, 6) is 0.328. The van der Waals surface area contributed by atoms with Gasteiger partial charge in [-0.25, -0.2) is 4.39 Å². The molecule has 1 atom stereocenters. The number of aliphatic hydroxyl groups is 1. The first kappa shape index (κ1) is 16.6. The van der Waals surface area contributed by atoms with Gasteiger partial charge in [0.2, 0.25) is 0 Å². The average Bonchev–Trinajstić information content (AvgIpc) is 2.29. The fourth-order valence-electron chi connectivity index (χ4n) is 1.93. The lowest BCUT2D eigenvalue weighted by Crippen LogP contribution is -2.33. The van der Waals surface area contributed by atoms with Gasteiger partial charge in [0.15, 0.2) is 0 Å². The van der Waals surface area contributed by atoms with Gasteiger partial charge in [-0.05, 0) is 56.1 Å². The minimum Gasteiger partial charge on any atom is -0.390 e. The monoisotopic (exact) mass is 331 g/mol. The van der Waals surface area contributed by atoms with Crippen LogP contribution in [0.3, 0.4) is 0 Å². The predicted molar refractivity (Wildman–Crippen MR) is 80.8 cm³/mol. The lowest BCUT2D eigenvalue weighted by molar-refractivity contribution is 0.0512. The van der Waals surface area contributed by atoms with Crippen LogP contribution >= 0.6 is 15.9 Å². The Bertz CT molecular complexity index is 407. The minimum atomic E-state index is -0.833. The van der Waals surface area contributed by atoms with E-state index in [1.807, 2.05) is 0 Å². The molecule has 0 spiro atoms. The maximum absolute atomic E-state index is 13.2. The van der Waals surface area contributed by atoms with Crippen LogP contribution in [0.4, 0.5) is 4.39 Å². The van der Waals surface area contributed by atoms with Crippen LogP contribution < -0.4 is 5.32 Å². The molecule has 0 aromatic heterocycles. The molecule has 0 heterocycles. The van der Waals surface area contributed by atoms with Crippen molar-refractivity contribution in [2.24, 2.45) is 5.92 Å². The summed E-state index contributed by atoms with van der Waals surface area (Å²) in [6.07, 6.45) is 1.08. The van der Waals surface area contributed by atoms with Crippen LogP contribution in [0.1, 0.15) is 32.8 Å². The third-order valence-electron chi connectivity index (χ3n) is 2.97. The van der Waals surface area contributed by atoms with E-state index in [0.717, 1.165) is 23.1 Å². The van der Waals surface area contributed by atoms with E-state index in [0.29, 0.717) is 18.8 Å². The molecule has 0 saturated carbocycles. The Hall–Kier alpha value is -0.450. The molecule has 108 valence electrons. The number of hydrogen-bond acceptors (Lipinski definition) is 2. The summed E-state index contributed by atoms with van der Waals surface area (Å²) in [7, 11) is 0. The Morgan fingerprint density at radius 3 is 2.74 bits per heavy atom. The lowest BCUT2D eigenvalue weighted by Gasteiger charge is -2.24. The highest BCUT2D eigenvalue weighted by Gasteiger charge is 2.22. The van der Waals surface area contributed by atoms with Gasteiger partial charge in [-0.15, -0.1) is 0 Å². The molecule has 0 aliphatic rings. The molecule has 0 saturated heterocycles. The lowest BCUT2D eigenvalue weighted by atomic mass is 9.93. The molecule has 2 nitrogen and oxygen atoms in total. The van der Waals surface area contributed by atoms with Gasteiger partial charge in [0, 0.05) is 10.9 Å². The quantitative estimate of drug-likeness (QED) is 0.749. The van der Waals surface area contributed by atoms with Crippen LogP contribution in [0.15, 0.2) is 22.7 Å². The number of halogens is 2. The predicted octanol–water partition coefficient (Wildman–Crippen LogP) is 3.52. The molecular weight excluding hydrogens is 309 g/mol. The SMILES string of the molecule is CC(C)CNCCC(C)(O)Cc1cc(F)ccc1Br. The number of nitrogens with one attached hydrogen (secondary N) is 1. The van der Waals surface area contributed by atoms with E-state index in [2.05, 4.69) is 35.1 Å². The molecule has 1 unspecified atom stereocenters. The zero-order chi connectivity index (χ0) is 14.5. The van der Waals surface area contributed by atoms with E-state index in [9.17, 15) is 9.50 Å². The van der Waals surface area contributed by atoms with Crippen molar-refractivity contribution < 1.29 is 9.50 Å². The maximum atomic E-state index is 13.2. The molecule has 4 heteroatoms. The first-order valence-electron chi connectivity index (χ1n) is 6.67. The standard InChI is InChI=1S/C15H23BrFNO/c1-11(2)10-18-7-6-15(3,19)9-12-8-13(17)4-5-14(12)16/h4-5,8,11,18-19H,6-7,9-10H2,1-3H3. The number of hydrogen-bond donors (Lipinski definition) is 2. The summed E-state index contributed by atoms with van der Waals surface area (Å²) in [5.41, 5.74) is -0.0332. The summed E-state index contributed by atoms with van der Waals surface area (Å²) in [5, 5.41) is 13.7. The third kappa shape index (κ3) is 6.50. The minimum absolute atomic E-state index is 0.271. The van der Waals surface area contributed by atoms with Crippen molar-refractivity contribution >= 4 is 15.9 Å². The normalized spacial score (nSPS) is 14.7. The summed E-state index contributed by atoms with van der Waals surface area (Å²) in [6.45, 7) is 7.79. The Labute approximate surface area is 123 Å². The molecule has 0 aliphatic heterocycles. The van der Waals surface area contributed by atoms with Gasteiger partial charge in [0.05, 0.1) is 5.60 Å². The van der Waals surface area contributed by atoms with Gasteiger partial charge < -0.3 is 10.4 Å². The first-order valence-corrected chi connectivity index (χ1v) is 7.46. The van der Waals surface area contributed by atoms with Crippen LogP contribution in [-0.2, 0) is 6.42 Å². The van der Waals surface area contributed by atoms with Crippen molar-refractivity contribution in [2.45, 2.75) is 39.2 Å². The van der Waals surface area contributed by atoms with E-state index in [1.165, 1.54) is 12.1 Å². The van der Waals surface area contributed by atoms with Crippen molar-refractivity contribution in [3.63, 3.8) is 0 Å². The van der Waals surface area contributed by atoms with Crippen molar-refractivity contribution in [1.82, 2.24) is 5.32 Å². The van der Waals surface area contributed by atoms with Gasteiger partial charge in [-0.2, -0.15) is 0 Å². The van der Waals surface area contributed by atoms with Crippen LogP contribution in [0.25, 0.3) is 0 Å². The molecule has 1 aromatic rings. The highest BCUT2D eigenvalue weighted by molar-refractivity contribution is 9.10. The highest BCUT2D eigenvalue weighted by Crippen LogP contribution is 2.24. The molecular formula is C15H23BrFNO. The molecule has 19 heavy (non-hydrogen) atoms. The van der Waals surface area contributed by atoms with Crippen molar-refractivity contribution in [1.29, 1.82) is 0 Å². The largest absolute Gasteiger partial charge is 0.390 e. The van der Waals surface area contributed by atoms with Crippen LogP contribution in [0.2, 0.25) is 0 Å². The summed E-state index contributed by atoms with van der Waals surface area (Å²) < 4.78 is 14.0. The summed E-state index contributed by atoms with van der Waals surface area (Å²) in [6, 6.07) is 4.56. The van der Waals surface area contributed by atoms with Crippen molar-refractivity contribution in [3.05, 3.63) is 34.1 Å². The third-order valence-corrected chi connectivity index (χ3v) is 3.75. The smallest absolute Gasteiger partial charge is 0.123 e. The van der Waals surface area contributed by atoms with Gasteiger partial charge in [0.25, 0.3) is 0 Å². The van der Waals surface area contributed by atoms with E-state index in [-0.39, 0.29) is 5.82 Å². The Morgan fingerprint density at radius 2 is 2.11 bits per heavy atom. The molecule has 0 amide bonds. The Kier molecular flexibility index (Phi) is 6.43. The van der Waals surface area contributed by atoms with Gasteiger partial charge in [-0.3, -0.25) is 0 Å². The molecule has 0 radical (unpaired) electrons. The summed E-state index contributed by atoms with van der Waals surface area (Å²) in [4.78, 5) is 0. The fraction of sp³-hybridized carbons (Fsp3) is 0.600. The Morgan fingerprint density at radius 1 is 1.42 bits per heavy atom. The molecule has 0 fully saturated rings. The van der Waals surface area contributed by atoms with Crippen LogP contribution in [-0.4, -0.2) is 23.8 Å². The van der Waals surface area contributed by atoms with Gasteiger partial charge in [-0.1, -0.05) is 29.8 Å². The summed E-state index contributed by atoms with van der Waals surface area (Å²) >= 11 is 3.39. The van der Waals surface area contributed by atoms with E-state index >= 15 is 0 Å². The molecule has 1 rings (SSSR count). The van der Waals surface area contributed by atoms with Crippen molar-refractivity contribution in [2.75, 3.05) is 13.1 Å². The number of benzene rings is 1. The first-order chi connectivity index (χ1) is 8.80. The maximum Gasteiger partial charge on any atom is 0.123 e. The second kappa shape index (κ2) is 7.36. The molecule has 2 N–H and O–H groups in total.